The number of hydrogen-bond donors (Lipinski definition) is 0. The summed E-state index contributed by atoms with van der Waals surface area (Å²) in [4.78, 5) is 2.88. The van der Waals surface area contributed by atoms with E-state index in [1.807, 2.05) is 21.6 Å². The molecule has 0 radical (unpaired) electrons. The van der Waals surface area contributed by atoms with Crippen molar-refractivity contribution in [2.75, 3.05) is 0 Å². The van der Waals surface area contributed by atoms with Gasteiger partial charge in [-0.05, 0) is 48.3 Å². The van der Waals surface area contributed by atoms with Crippen molar-refractivity contribution in [3.8, 4) is 0 Å². The molecule has 0 saturated heterocycles. The zero-order valence-corrected chi connectivity index (χ0v) is 12.3. The number of allylic oxidation sites excluding steroid dienone is 4. The van der Waals surface area contributed by atoms with Gasteiger partial charge in [0.15, 0.2) is 0 Å². The van der Waals surface area contributed by atoms with Crippen molar-refractivity contribution in [3.05, 3.63) is 22.0 Å². The Morgan fingerprint density at radius 1 is 0.875 bits per heavy atom. The van der Waals surface area contributed by atoms with Crippen molar-refractivity contribution in [3.63, 3.8) is 0 Å². The molecule has 2 aliphatic carbocycles. The second-order valence-electron chi connectivity index (χ2n) is 4.25. The van der Waals surface area contributed by atoms with Crippen molar-refractivity contribution in [2.24, 2.45) is 0 Å². The summed E-state index contributed by atoms with van der Waals surface area (Å²) in [7, 11) is 3.75. The van der Waals surface area contributed by atoms with Crippen LogP contribution in [0.15, 0.2) is 22.0 Å². The van der Waals surface area contributed by atoms with Gasteiger partial charge in [0.25, 0.3) is 0 Å². The predicted octanol–water partition coefficient (Wildman–Crippen LogP) is 5.72. The van der Waals surface area contributed by atoms with Crippen molar-refractivity contribution in [1.29, 1.82) is 0 Å². The van der Waals surface area contributed by atoms with E-state index >= 15 is 0 Å². The van der Waals surface area contributed by atoms with Gasteiger partial charge in [-0.2, -0.15) is 0 Å². The maximum atomic E-state index is 6.12. The Bertz CT molecular complexity index is 269. The lowest BCUT2D eigenvalue weighted by Gasteiger charge is -2.18. The van der Waals surface area contributed by atoms with Crippen LogP contribution >= 0.6 is 44.8 Å². The summed E-state index contributed by atoms with van der Waals surface area (Å²) >= 11 is 12.2. The van der Waals surface area contributed by atoms with Crippen molar-refractivity contribution < 1.29 is 0 Å². The summed E-state index contributed by atoms with van der Waals surface area (Å²) in [5, 5.41) is 0.496. The molecule has 2 atom stereocenters. The molecule has 0 N–H and O–H groups in total. The van der Waals surface area contributed by atoms with E-state index in [4.69, 9.17) is 23.2 Å². The lowest BCUT2D eigenvalue weighted by Crippen LogP contribution is -2.02. The van der Waals surface area contributed by atoms with Crippen LogP contribution in [-0.4, -0.2) is 10.8 Å². The third-order valence-electron chi connectivity index (χ3n) is 2.80. The normalized spacial score (nSPS) is 30.9. The van der Waals surface area contributed by atoms with Crippen LogP contribution in [0.2, 0.25) is 0 Å². The molecule has 0 aromatic rings. The Balaban J connectivity index is 1.82. The largest absolute Gasteiger partial charge is 0.118 e. The summed E-state index contributed by atoms with van der Waals surface area (Å²) in [6, 6.07) is 0. The number of rotatable bonds is 3. The molecule has 2 rings (SSSR count). The Morgan fingerprint density at radius 2 is 1.31 bits per heavy atom. The van der Waals surface area contributed by atoms with E-state index in [-0.39, 0.29) is 10.8 Å². The summed E-state index contributed by atoms with van der Waals surface area (Å²) in [6.45, 7) is 0. The molecule has 0 aliphatic heterocycles. The second-order valence-corrected chi connectivity index (χ2v) is 7.75. The lowest BCUT2D eigenvalue weighted by atomic mass is 10.1. The molecule has 2 unspecified atom stereocenters. The van der Waals surface area contributed by atoms with Crippen LogP contribution in [0.3, 0.4) is 0 Å². The number of halogens is 2. The minimum absolute atomic E-state index is 0.248. The molecule has 2 aliphatic rings. The predicted molar refractivity (Wildman–Crippen MR) is 78.3 cm³/mol. The third-order valence-corrected chi connectivity index (χ3v) is 6.21. The molecule has 0 nitrogen and oxygen atoms in total. The first kappa shape index (κ1) is 13.2. The molecule has 0 fully saturated rings. The van der Waals surface area contributed by atoms with E-state index in [2.05, 4.69) is 12.2 Å². The van der Waals surface area contributed by atoms with Crippen LogP contribution in [0.1, 0.15) is 38.5 Å². The SMILES string of the molecule is ClC1C=C(SSC2=CC(Cl)CCC2)CCC1. The van der Waals surface area contributed by atoms with Gasteiger partial charge in [0.1, 0.15) is 0 Å². The van der Waals surface area contributed by atoms with Crippen LogP contribution in [0.4, 0.5) is 0 Å². The first-order chi connectivity index (χ1) is 7.74. The highest BCUT2D eigenvalue weighted by Gasteiger charge is 2.15. The molecule has 0 aromatic carbocycles. The van der Waals surface area contributed by atoms with Gasteiger partial charge >= 0.3 is 0 Å². The molecular weight excluding hydrogens is 279 g/mol. The van der Waals surface area contributed by atoms with E-state index in [0.717, 1.165) is 12.8 Å². The van der Waals surface area contributed by atoms with Gasteiger partial charge in [-0.3, -0.25) is 0 Å². The maximum Gasteiger partial charge on any atom is 0.0527 e. The van der Waals surface area contributed by atoms with Crippen LogP contribution in [0.5, 0.6) is 0 Å². The van der Waals surface area contributed by atoms with Gasteiger partial charge in [0.2, 0.25) is 0 Å². The molecule has 0 amide bonds. The quantitative estimate of drug-likeness (QED) is 0.482. The lowest BCUT2D eigenvalue weighted by molar-refractivity contribution is 0.728. The molecule has 0 saturated carbocycles. The maximum absolute atomic E-state index is 6.12. The molecule has 0 spiro atoms. The highest BCUT2D eigenvalue weighted by Crippen LogP contribution is 2.44. The molecule has 0 heterocycles. The fourth-order valence-corrected chi connectivity index (χ4v) is 5.27. The Hall–Kier alpha value is 0.760. The highest BCUT2D eigenvalue weighted by molar-refractivity contribution is 8.79. The highest BCUT2D eigenvalue weighted by atomic mass is 35.5. The Labute approximate surface area is 116 Å². The van der Waals surface area contributed by atoms with Crippen LogP contribution in [0.25, 0.3) is 0 Å². The van der Waals surface area contributed by atoms with Crippen LogP contribution < -0.4 is 0 Å². The zero-order valence-electron chi connectivity index (χ0n) is 9.12. The van der Waals surface area contributed by atoms with Gasteiger partial charge in [-0.25, -0.2) is 0 Å². The van der Waals surface area contributed by atoms with E-state index in [9.17, 15) is 0 Å². The first-order valence-electron chi connectivity index (χ1n) is 5.78. The fourth-order valence-electron chi connectivity index (χ4n) is 1.93. The standard InChI is InChI=1S/C12H16Cl2S2/c13-9-3-1-5-11(7-9)15-16-12-6-2-4-10(14)8-12/h7-10H,1-6H2. The van der Waals surface area contributed by atoms with E-state index in [1.54, 1.807) is 0 Å². The number of alkyl halides is 2. The minimum atomic E-state index is 0.248. The first-order valence-corrected chi connectivity index (χ1v) is 8.80. The molecular formula is C12H16Cl2S2. The van der Waals surface area contributed by atoms with Crippen molar-refractivity contribution in [1.82, 2.24) is 0 Å². The fraction of sp³-hybridized carbons (Fsp3) is 0.667. The molecule has 4 heteroatoms. The van der Waals surface area contributed by atoms with E-state index in [1.165, 1.54) is 35.5 Å². The summed E-state index contributed by atoms with van der Waals surface area (Å²) in [6.07, 6.45) is 11.5. The monoisotopic (exact) mass is 294 g/mol. The van der Waals surface area contributed by atoms with E-state index in [0.29, 0.717) is 0 Å². The summed E-state index contributed by atoms with van der Waals surface area (Å²) in [5.74, 6) is 0. The van der Waals surface area contributed by atoms with Crippen molar-refractivity contribution >= 4 is 44.8 Å². The van der Waals surface area contributed by atoms with Gasteiger partial charge < -0.3 is 0 Å². The Kier molecular flexibility index (Phi) is 5.47. The summed E-state index contributed by atoms with van der Waals surface area (Å²) < 4.78 is 0. The molecule has 0 aromatic heterocycles. The van der Waals surface area contributed by atoms with Crippen molar-refractivity contribution in [2.45, 2.75) is 49.3 Å². The van der Waals surface area contributed by atoms with Gasteiger partial charge in [-0.15, -0.1) is 23.2 Å². The molecule has 90 valence electrons. The van der Waals surface area contributed by atoms with Crippen LogP contribution in [0, 0.1) is 0 Å². The smallest absolute Gasteiger partial charge is 0.0527 e. The summed E-state index contributed by atoms with van der Waals surface area (Å²) in [5.41, 5.74) is 0. The van der Waals surface area contributed by atoms with Gasteiger partial charge in [0, 0.05) is 0 Å². The average Bonchev–Trinajstić information content (AvgIpc) is 2.27. The number of hydrogen-bond acceptors (Lipinski definition) is 2. The zero-order chi connectivity index (χ0) is 11.4. The second kappa shape index (κ2) is 6.63. The average molecular weight is 295 g/mol. The van der Waals surface area contributed by atoms with Gasteiger partial charge in [-0.1, -0.05) is 33.7 Å². The third kappa shape index (κ3) is 4.21. The topological polar surface area (TPSA) is 0 Å². The Morgan fingerprint density at radius 3 is 1.69 bits per heavy atom. The van der Waals surface area contributed by atoms with Gasteiger partial charge in [0.05, 0.1) is 10.8 Å². The molecule has 0 bridgehead atoms. The van der Waals surface area contributed by atoms with E-state index < -0.39 is 0 Å². The minimum Gasteiger partial charge on any atom is -0.118 e. The molecule has 16 heavy (non-hydrogen) atoms. The van der Waals surface area contributed by atoms with Crippen LogP contribution in [-0.2, 0) is 0 Å².